The number of nitrogens with two attached hydrogens (primary N) is 1. The van der Waals surface area contributed by atoms with Crippen LogP contribution in [-0.2, 0) is 0 Å². The number of ether oxygens (including phenoxy) is 1. The van der Waals surface area contributed by atoms with Crippen LogP contribution >= 0.6 is 12.4 Å². The first-order valence-electron chi connectivity index (χ1n) is 5.17. The molecule has 15 heavy (non-hydrogen) atoms. The van der Waals surface area contributed by atoms with Gasteiger partial charge in [-0.05, 0) is 24.1 Å². The Balaban J connectivity index is 0.00000196. The molecule has 2 nitrogen and oxygen atoms in total. The minimum atomic E-state index is 0. The number of halogens is 1. The number of benzene rings is 1. The number of methoxy groups -OCH3 is 1. The summed E-state index contributed by atoms with van der Waals surface area (Å²) in [5.74, 6) is 0.884. The van der Waals surface area contributed by atoms with Gasteiger partial charge in [-0.2, -0.15) is 0 Å². The highest BCUT2D eigenvalue weighted by atomic mass is 35.5. The summed E-state index contributed by atoms with van der Waals surface area (Å²) in [6, 6.07) is 8.14. The minimum absolute atomic E-state index is 0. The molecule has 2 N–H and O–H groups in total. The zero-order valence-electron chi connectivity index (χ0n) is 9.40. The van der Waals surface area contributed by atoms with Crippen LogP contribution in [-0.4, -0.2) is 7.11 Å². The van der Waals surface area contributed by atoms with Crippen LogP contribution in [0.5, 0.6) is 5.75 Å². The van der Waals surface area contributed by atoms with Gasteiger partial charge in [-0.15, -0.1) is 12.4 Å². The van der Waals surface area contributed by atoms with E-state index in [9.17, 15) is 0 Å². The molecule has 0 saturated heterocycles. The zero-order chi connectivity index (χ0) is 10.4. The molecule has 1 atom stereocenters. The van der Waals surface area contributed by atoms with Crippen molar-refractivity contribution in [2.45, 2.75) is 32.2 Å². The van der Waals surface area contributed by atoms with Gasteiger partial charge in [0.2, 0.25) is 0 Å². The van der Waals surface area contributed by atoms with E-state index in [0.29, 0.717) is 0 Å². The quantitative estimate of drug-likeness (QED) is 0.841. The van der Waals surface area contributed by atoms with Crippen molar-refractivity contribution in [1.82, 2.24) is 0 Å². The fraction of sp³-hybridized carbons (Fsp3) is 0.500. The number of rotatable bonds is 5. The summed E-state index contributed by atoms with van der Waals surface area (Å²) < 4.78 is 5.15. The Bertz CT molecular complexity index is 278. The molecule has 0 aliphatic rings. The fourth-order valence-corrected chi connectivity index (χ4v) is 1.46. The van der Waals surface area contributed by atoms with Crippen molar-refractivity contribution in [2.24, 2.45) is 5.73 Å². The Kier molecular flexibility index (Phi) is 7.18. The number of unbranched alkanes of at least 4 members (excludes halogenated alkanes) is 1. The first-order valence-corrected chi connectivity index (χ1v) is 5.17. The Hall–Kier alpha value is -0.730. The van der Waals surface area contributed by atoms with E-state index in [4.69, 9.17) is 10.5 Å². The second-order valence-electron chi connectivity index (χ2n) is 3.53. The molecular formula is C12H20ClNO. The van der Waals surface area contributed by atoms with Crippen molar-refractivity contribution in [3.05, 3.63) is 29.8 Å². The molecule has 0 bridgehead atoms. The van der Waals surface area contributed by atoms with Crippen LogP contribution < -0.4 is 10.5 Å². The van der Waals surface area contributed by atoms with Gasteiger partial charge in [-0.25, -0.2) is 0 Å². The lowest BCUT2D eigenvalue weighted by Gasteiger charge is -2.12. The standard InChI is InChI=1S/C12H19NO.ClH/c1-3-4-8-12(13)10-6-5-7-11(9-10)14-2;/h5-7,9,12H,3-4,8,13H2,1-2H3;1H. The number of hydrogen-bond acceptors (Lipinski definition) is 2. The molecule has 3 heteroatoms. The maximum Gasteiger partial charge on any atom is 0.119 e. The SMILES string of the molecule is CCCCC(N)c1cccc(OC)c1.Cl. The second-order valence-corrected chi connectivity index (χ2v) is 3.53. The molecule has 0 radical (unpaired) electrons. The van der Waals surface area contributed by atoms with Gasteiger partial charge in [0.05, 0.1) is 7.11 Å². The topological polar surface area (TPSA) is 35.2 Å². The molecule has 0 fully saturated rings. The lowest BCUT2D eigenvalue weighted by Crippen LogP contribution is -2.09. The van der Waals surface area contributed by atoms with Crippen LogP contribution in [0.1, 0.15) is 37.8 Å². The average Bonchev–Trinajstić information content (AvgIpc) is 2.26. The summed E-state index contributed by atoms with van der Waals surface area (Å²) in [6.45, 7) is 2.18. The summed E-state index contributed by atoms with van der Waals surface area (Å²) >= 11 is 0. The predicted octanol–water partition coefficient (Wildman–Crippen LogP) is 3.31. The molecule has 1 aromatic carbocycles. The van der Waals surface area contributed by atoms with E-state index in [1.54, 1.807) is 7.11 Å². The van der Waals surface area contributed by atoms with Gasteiger partial charge < -0.3 is 10.5 Å². The Morgan fingerprint density at radius 3 is 2.73 bits per heavy atom. The van der Waals surface area contributed by atoms with Crippen LogP contribution in [0.3, 0.4) is 0 Å². The molecule has 0 aliphatic heterocycles. The Morgan fingerprint density at radius 2 is 2.13 bits per heavy atom. The highest BCUT2D eigenvalue weighted by molar-refractivity contribution is 5.85. The van der Waals surface area contributed by atoms with Crippen LogP contribution in [0, 0.1) is 0 Å². The van der Waals surface area contributed by atoms with E-state index in [1.165, 1.54) is 12.8 Å². The summed E-state index contributed by atoms with van der Waals surface area (Å²) in [5.41, 5.74) is 7.21. The molecule has 0 aromatic heterocycles. The average molecular weight is 230 g/mol. The summed E-state index contributed by atoms with van der Waals surface area (Å²) in [5, 5.41) is 0. The minimum Gasteiger partial charge on any atom is -0.497 e. The molecule has 86 valence electrons. The smallest absolute Gasteiger partial charge is 0.119 e. The third-order valence-corrected chi connectivity index (χ3v) is 2.39. The second kappa shape index (κ2) is 7.55. The summed E-state index contributed by atoms with van der Waals surface area (Å²) in [6.07, 6.45) is 3.42. The van der Waals surface area contributed by atoms with Gasteiger partial charge in [0.25, 0.3) is 0 Å². The molecule has 1 rings (SSSR count). The van der Waals surface area contributed by atoms with Crippen molar-refractivity contribution >= 4 is 12.4 Å². The van der Waals surface area contributed by atoms with Crippen molar-refractivity contribution < 1.29 is 4.74 Å². The maximum absolute atomic E-state index is 6.05. The van der Waals surface area contributed by atoms with Crippen molar-refractivity contribution in [1.29, 1.82) is 0 Å². The molecule has 0 amide bonds. The van der Waals surface area contributed by atoms with Crippen LogP contribution in [0.4, 0.5) is 0 Å². The third-order valence-electron chi connectivity index (χ3n) is 2.39. The van der Waals surface area contributed by atoms with Crippen molar-refractivity contribution in [3.8, 4) is 5.75 Å². The van der Waals surface area contributed by atoms with Gasteiger partial charge in [0.1, 0.15) is 5.75 Å². The molecule has 1 aromatic rings. The van der Waals surface area contributed by atoms with E-state index in [-0.39, 0.29) is 18.4 Å². The van der Waals surface area contributed by atoms with Crippen LogP contribution in [0.2, 0.25) is 0 Å². The van der Waals surface area contributed by atoms with Crippen LogP contribution in [0.25, 0.3) is 0 Å². The highest BCUT2D eigenvalue weighted by Gasteiger charge is 2.05. The fourth-order valence-electron chi connectivity index (χ4n) is 1.46. The third kappa shape index (κ3) is 4.54. The van der Waals surface area contributed by atoms with E-state index >= 15 is 0 Å². The van der Waals surface area contributed by atoms with Gasteiger partial charge in [0.15, 0.2) is 0 Å². The van der Waals surface area contributed by atoms with Gasteiger partial charge in [-0.3, -0.25) is 0 Å². The van der Waals surface area contributed by atoms with E-state index in [0.717, 1.165) is 17.7 Å². The summed E-state index contributed by atoms with van der Waals surface area (Å²) in [4.78, 5) is 0. The number of hydrogen-bond donors (Lipinski definition) is 1. The van der Waals surface area contributed by atoms with Crippen molar-refractivity contribution in [2.75, 3.05) is 7.11 Å². The lowest BCUT2D eigenvalue weighted by atomic mass is 10.0. The molecule has 0 aliphatic carbocycles. The normalized spacial score (nSPS) is 11.7. The van der Waals surface area contributed by atoms with Gasteiger partial charge in [0, 0.05) is 6.04 Å². The predicted molar refractivity (Wildman–Crippen MR) is 66.7 cm³/mol. The first-order chi connectivity index (χ1) is 6.77. The maximum atomic E-state index is 6.05. The van der Waals surface area contributed by atoms with Crippen molar-refractivity contribution in [3.63, 3.8) is 0 Å². The van der Waals surface area contributed by atoms with Gasteiger partial charge in [-0.1, -0.05) is 31.9 Å². The monoisotopic (exact) mass is 229 g/mol. The molecule has 0 saturated carbocycles. The largest absolute Gasteiger partial charge is 0.497 e. The van der Waals surface area contributed by atoms with E-state index < -0.39 is 0 Å². The molecule has 0 spiro atoms. The van der Waals surface area contributed by atoms with Crippen LogP contribution in [0.15, 0.2) is 24.3 Å². The Labute approximate surface area is 98.2 Å². The highest BCUT2D eigenvalue weighted by Crippen LogP contribution is 2.20. The van der Waals surface area contributed by atoms with Gasteiger partial charge >= 0.3 is 0 Å². The van der Waals surface area contributed by atoms with E-state index in [1.807, 2.05) is 18.2 Å². The lowest BCUT2D eigenvalue weighted by molar-refractivity contribution is 0.413. The zero-order valence-corrected chi connectivity index (χ0v) is 10.2. The Morgan fingerprint density at radius 1 is 1.40 bits per heavy atom. The summed E-state index contributed by atoms with van der Waals surface area (Å²) in [7, 11) is 1.68. The molecule has 0 heterocycles. The molecular weight excluding hydrogens is 210 g/mol. The van der Waals surface area contributed by atoms with E-state index in [2.05, 4.69) is 13.0 Å². The molecule has 1 unspecified atom stereocenters. The first kappa shape index (κ1) is 14.3.